The Morgan fingerprint density at radius 3 is 2.30 bits per heavy atom. The van der Waals surface area contributed by atoms with Crippen LogP contribution in [0.1, 0.15) is 18.6 Å². The molecule has 0 saturated carbocycles. The van der Waals surface area contributed by atoms with E-state index < -0.39 is 6.10 Å². The highest BCUT2D eigenvalue weighted by Gasteiger charge is 2.12. The first-order valence-corrected chi connectivity index (χ1v) is 6.38. The molecule has 0 unspecified atom stereocenters. The molecule has 0 aliphatic heterocycles. The quantitative estimate of drug-likeness (QED) is 0.924. The van der Waals surface area contributed by atoms with Gasteiger partial charge < -0.3 is 14.7 Å². The van der Waals surface area contributed by atoms with E-state index >= 15 is 0 Å². The molecule has 0 aliphatic rings. The molecule has 0 fully saturated rings. The molecule has 0 aliphatic carbocycles. The fraction of sp³-hybridized carbons (Fsp3) is 0.250. The second-order valence-corrected chi connectivity index (χ2v) is 4.64. The van der Waals surface area contributed by atoms with E-state index in [4.69, 9.17) is 4.74 Å². The maximum Gasteiger partial charge on any atom is 0.147 e. The maximum absolute atomic E-state index is 14.1. The van der Waals surface area contributed by atoms with Crippen LogP contribution in [0.3, 0.4) is 0 Å². The molecule has 0 radical (unpaired) electrons. The van der Waals surface area contributed by atoms with Gasteiger partial charge in [0, 0.05) is 12.7 Å². The number of benzene rings is 2. The van der Waals surface area contributed by atoms with Crippen LogP contribution < -0.4 is 9.64 Å². The third kappa shape index (κ3) is 2.91. The van der Waals surface area contributed by atoms with E-state index in [-0.39, 0.29) is 5.82 Å². The van der Waals surface area contributed by atoms with E-state index in [1.165, 1.54) is 6.07 Å². The Kier molecular flexibility index (Phi) is 4.25. The molecule has 0 spiro atoms. The third-order valence-electron chi connectivity index (χ3n) is 3.28. The number of halogens is 1. The van der Waals surface area contributed by atoms with Gasteiger partial charge in [-0.25, -0.2) is 4.39 Å². The van der Waals surface area contributed by atoms with Crippen molar-refractivity contribution >= 4 is 11.4 Å². The number of hydrogen-bond donors (Lipinski definition) is 1. The SMILES string of the molecule is COc1ccc(N(C)c2ccc([C@@H](C)O)cc2F)cc1. The van der Waals surface area contributed by atoms with Gasteiger partial charge in [-0.2, -0.15) is 0 Å². The number of hydrogen-bond acceptors (Lipinski definition) is 3. The van der Waals surface area contributed by atoms with Gasteiger partial charge in [0.1, 0.15) is 11.6 Å². The number of anilines is 2. The van der Waals surface area contributed by atoms with Crippen LogP contribution in [-0.2, 0) is 0 Å². The Balaban J connectivity index is 2.30. The van der Waals surface area contributed by atoms with Crippen LogP contribution in [0.25, 0.3) is 0 Å². The van der Waals surface area contributed by atoms with Gasteiger partial charge in [-0.15, -0.1) is 0 Å². The molecule has 2 aromatic carbocycles. The minimum Gasteiger partial charge on any atom is -0.497 e. The second kappa shape index (κ2) is 5.92. The molecule has 0 heterocycles. The predicted molar refractivity (Wildman–Crippen MR) is 78.1 cm³/mol. The molecule has 2 aromatic rings. The topological polar surface area (TPSA) is 32.7 Å². The lowest BCUT2D eigenvalue weighted by Gasteiger charge is -2.21. The summed E-state index contributed by atoms with van der Waals surface area (Å²) in [5, 5.41) is 9.46. The van der Waals surface area contributed by atoms with Crippen LogP contribution in [0.5, 0.6) is 5.75 Å². The van der Waals surface area contributed by atoms with E-state index in [1.54, 1.807) is 38.1 Å². The average Bonchev–Trinajstić information content (AvgIpc) is 2.46. The van der Waals surface area contributed by atoms with Crippen LogP contribution >= 0.6 is 0 Å². The fourth-order valence-corrected chi connectivity index (χ4v) is 2.00. The van der Waals surface area contributed by atoms with E-state index in [2.05, 4.69) is 0 Å². The molecule has 0 aromatic heterocycles. The number of nitrogens with zero attached hydrogens (tertiary/aromatic N) is 1. The Labute approximate surface area is 118 Å². The van der Waals surface area contributed by atoms with E-state index in [1.807, 2.05) is 24.3 Å². The predicted octanol–water partition coefficient (Wildman–Crippen LogP) is 3.66. The van der Waals surface area contributed by atoms with Crippen LogP contribution in [0.15, 0.2) is 42.5 Å². The first-order chi connectivity index (χ1) is 9.52. The van der Waals surface area contributed by atoms with Gasteiger partial charge >= 0.3 is 0 Å². The summed E-state index contributed by atoms with van der Waals surface area (Å²) in [5.41, 5.74) is 1.88. The van der Waals surface area contributed by atoms with Crippen molar-refractivity contribution in [2.24, 2.45) is 0 Å². The number of rotatable bonds is 4. The molecule has 4 heteroatoms. The van der Waals surface area contributed by atoms with Gasteiger partial charge in [0.05, 0.1) is 18.9 Å². The van der Waals surface area contributed by atoms with E-state index in [9.17, 15) is 9.50 Å². The van der Waals surface area contributed by atoms with Crippen LogP contribution in [0, 0.1) is 5.82 Å². The Bertz CT molecular complexity index is 582. The van der Waals surface area contributed by atoms with Crippen molar-refractivity contribution in [2.75, 3.05) is 19.1 Å². The molecular weight excluding hydrogens is 257 g/mol. The van der Waals surface area contributed by atoms with Crippen molar-refractivity contribution in [3.8, 4) is 5.75 Å². The molecular formula is C16H18FNO2. The summed E-state index contributed by atoms with van der Waals surface area (Å²) >= 11 is 0. The summed E-state index contributed by atoms with van der Waals surface area (Å²) in [6.07, 6.45) is -0.676. The number of methoxy groups -OCH3 is 1. The van der Waals surface area contributed by atoms with E-state index in [0.717, 1.165) is 11.4 Å². The molecule has 20 heavy (non-hydrogen) atoms. The molecule has 3 nitrogen and oxygen atoms in total. The first-order valence-electron chi connectivity index (χ1n) is 6.38. The highest BCUT2D eigenvalue weighted by molar-refractivity contribution is 5.64. The highest BCUT2D eigenvalue weighted by atomic mass is 19.1. The molecule has 1 N–H and O–H groups in total. The van der Waals surface area contributed by atoms with Crippen molar-refractivity contribution in [2.45, 2.75) is 13.0 Å². The van der Waals surface area contributed by atoms with Crippen molar-refractivity contribution < 1.29 is 14.2 Å². The Hall–Kier alpha value is -2.07. The number of aliphatic hydroxyl groups is 1. The second-order valence-electron chi connectivity index (χ2n) is 4.64. The first kappa shape index (κ1) is 14.3. The van der Waals surface area contributed by atoms with Gasteiger partial charge in [0.25, 0.3) is 0 Å². The smallest absolute Gasteiger partial charge is 0.147 e. The summed E-state index contributed by atoms with van der Waals surface area (Å²) in [7, 11) is 3.40. The maximum atomic E-state index is 14.1. The summed E-state index contributed by atoms with van der Waals surface area (Å²) in [6, 6.07) is 12.1. The normalized spacial score (nSPS) is 12.1. The van der Waals surface area contributed by atoms with E-state index in [0.29, 0.717) is 11.3 Å². The monoisotopic (exact) mass is 275 g/mol. The van der Waals surface area contributed by atoms with Crippen molar-refractivity contribution in [1.82, 2.24) is 0 Å². The van der Waals surface area contributed by atoms with Crippen LogP contribution in [0.2, 0.25) is 0 Å². The summed E-state index contributed by atoms with van der Waals surface area (Å²) < 4.78 is 19.2. The Morgan fingerprint density at radius 1 is 1.15 bits per heavy atom. The summed E-state index contributed by atoms with van der Waals surface area (Å²) in [6.45, 7) is 1.61. The fourth-order valence-electron chi connectivity index (χ4n) is 2.00. The van der Waals surface area contributed by atoms with Gasteiger partial charge in [0.15, 0.2) is 0 Å². The lowest BCUT2D eigenvalue weighted by atomic mass is 10.1. The molecule has 0 amide bonds. The highest BCUT2D eigenvalue weighted by Crippen LogP contribution is 2.29. The third-order valence-corrected chi connectivity index (χ3v) is 3.28. The Morgan fingerprint density at radius 2 is 1.80 bits per heavy atom. The van der Waals surface area contributed by atoms with Gasteiger partial charge in [-0.05, 0) is 48.9 Å². The minimum absolute atomic E-state index is 0.360. The molecule has 106 valence electrons. The standard InChI is InChI=1S/C16H18FNO2/c1-11(19)12-4-9-16(15(17)10-12)18(2)13-5-7-14(20-3)8-6-13/h4-11,19H,1-3H3/t11-/m1/s1. The largest absolute Gasteiger partial charge is 0.497 e. The molecule has 0 bridgehead atoms. The van der Waals surface area contributed by atoms with Crippen molar-refractivity contribution in [3.63, 3.8) is 0 Å². The molecule has 1 atom stereocenters. The molecule has 0 saturated heterocycles. The number of aliphatic hydroxyl groups excluding tert-OH is 1. The zero-order valence-electron chi connectivity index (χ0n) is 11.8. The average molecular weight is 275 g/mol. The summed E-state index contributed by atoms with van der Waals surface area (Å²) in [4.78, 5) is 1.75. The van der Waals surface area contributed by atoms with Crippen molar-refractivity contribution in [1.29, 1.82) is 0 Å². The van der Waals surface area contributed by atoms with Gasteiger partial charge in [0.2, 0.25) is 0 Å². The lowest BCUT2D eigenvalue weighted by Crippen LogP contribution is -2.11. The van der Waals surface area contributed by atoms with Gasteiger partial charge in [-0.1, -0.05) is 6.07 Å². The van der Waals surface area contributed by atoms with Crippen LogP contribution in [0.4, 0.5) is 15.8 Å². The van der Waals surface area contributed by atoms with Gasteiger partial charge in [-0.3, -0.25) is 0 Å². The zero-order valence-corrected chi connectivity index (χ0v) is 11.8. The zero-order chi connectivity index (χ0) is 14.7. The minimum atomic E-state index is -0.676. The van der Waals surface area contributed by atoms with Crippen LogP contribution in [-0.4, -0.2) is 19.3 Å². The van der Waals surface area contributed by atoms with Crippen molar-refractivity contribution in [3.05, 3.63) is 53.8 Å². The number of ether oxygens (including phenoxy) is 1. The molecule has 2 rings (SSSR count). The lowest BCUT2D eigenvalue weighted by molar-refractivity contribution is 0.199. The summed E-state index contributed by atoms with van der Waals surface area (Å²) in [5.74, 6) is 0.397.